The van der Waals surface area contributed by atoms with E-state index in [1.165, 1.54) is 0 Å². The minimum atomic E-state index is -0.653. The molecule has 0 aliphatic carbocycles. The number of nitrogens with one attached hydrogen (secondary N) is 1. The molecule has 0 spiro atoms. The summed E-state index contributed by atoms with van der Waals surface area (Å²) < 4.78 is 1.87. The molecular weight excluding hydrogens is 182 g/mol. The molecule has 1 heterocycles. The fraction of sp³-hybridized carbons (Fsp3) is 0.667. The number of hydrogen-bond donors (Lipinski definition) is 3. The van der Waals surface area contributed by atoms with Gasteiger partial charge in [-0.1, -0.05) is 0 Å². The van der Waals surface area contributed by atoms with Crippen molar-refractivity contribution in [3.05, 3.63) is 18.5 Å². The fourth-order valence-corrected chi connectivity index (χ4v) is 1.13. The normalized spacial score (nSPS) is 13.0. The van der Waals surface area contributed by atoms with Crippen LogP contribution in [0, 0.1) is 0 Å². The number of aliphatic hydroxyl groups excluding tert-OH is 2. The highest BCUT2D eigenvalue weighted by atomic mass is 16.3. The molecular formula is C9H17N3O2. The number of aryl methyl sites for hydroxylation is 1. The molecule has 5 nitrogen and oxygen atoms in total. The monoisotopic (exact) mass is 199 g/mol. The minimum Gasteiger partial charge on any atom is -0.394 e. The lowest BCUT2D eigenvalue weighted by Gasteiger charge is -2.08. The third-order valence-electron chi connectivity index (χ3n) is 1.89. The predicted octanol–water partition coefficient (Wildman–Crippen LogP) is -0.784. The zero-order valence-electron chi connectivity index (χ0n) is 8.13. The van der Waals surface area contributed by atoms with Crippen LogP contribution in [0.2, 0.25) is 0 Å². The first-order chi connectivity index (χ1) is 6.83. The lowest BCUT2D eigenvalue weighted by molar-refractivity contribution is 0.0945. The summed E-state index contributed by atoms with van der Waals surface area (Å²) in [4.78, 5) is 0. The maximum Gasteiger partial charge on any atom is 0.0894 e. The quantitative estimate of drug-likeness (QED) is 0.504. The van der Waals surface area contributed by atoms with Crippen molar-refractivity contribution in [3.63, 3.8) is 0 Å². The van der Waals surface area contributed by atoms with Gasteiger partial charge in [0, 0.05) is 25.5 Å². The van der Waals surface area contributed by atoms with Crippen LogP contribution in [0.15, 0.2) is 18.5 Å². The molecule has 0 saturated carbocycles. The van der Waals surface area contributed by atoms with Crippen molar-refractivity contribution in [2.75, 3.05) is 19.7 Å². The molecule has 0 saturated heterocycles. The molecule has 1 rings (SSSR count). The van der Waals surface area contributed by atoms with Gasteiger partial charge < -0.3 is 15.5 Å². The second-order valence-electron chi connectivity index (χ2n) is 3.16. The maximum absolute atomic E-state index is 9.01. The van der Waals surface area contributed by atoms with Gasteiger partial charge in [-0.2, -0.15) is 5.10 Å². The van der Waals surface area contributed by atoms with Crippen LogP contribution in [0.4, 0.5) is 0 Å². The first-order valence-electron chi connectivity index (χ1n) is 4.80. The van der Waals surface area contributed by atoms with E-state index >= 15 is 0 Å². The highest BCUT2D eigenvalue weighted by Gasteiger charge is 1.99. The molecule has 14 heavy (non-hydrogen) atoms. The number of rotatable bonds is 7. The second kappa shape index (κ2) is 6.53. The summed E-state index contributed by atoms with van der Waals surface area (Å²) in [6.07, 6.45) is 3.98. The van der Waals surface area contributed by atoms with Crippen LogP contribution >= 0.6 is 0 Å². The summed E-state index contributed by atoms with van der Waals surface area (Å²) >= 11 is 0. The van der Waals surface area contributed by atoms with E-state index in [4.69, 9.17) is 10.2 Å². The molecule has 0 bridgehead atoms. The van der Waals surface area contributed by atoms with Crippen LogP contribution in [-0.4, -0.2) is 45.8 Å². The molecule has 1 unspecified atom stereocenters. The molecule has 80 valence electrons. The van der Waals surface area contributed by atoms with E-state index in [-0.39, 0.29) is 6.61 Å². The summed E-state index contributed by atoms with van der Waals surface area (Å²) in [5.41, 5.74) is 0. The van der Waals surface area contributed by atoms with Gasteiger partial charge in [-0.05, 0) is 19.0 Å². The Morgan fingerprint density at radius 1 is 1.50 bits per heavy atom. The van der Waals surface area contributed by atoms with Gasteiger partial charge in [0.15, 0.2) is 0 Å². The zero-order chi connectivity index (χ0) is 10.2. The van der Waals surface area contributed by atoms with Crippen molar-refractivity contribution in [2.24, 2.45) is 0 Å². The first kappa shape index (κ1) is 11.2. The average Bonchev–Trinajstić information content (AvgIpc) is 2.69. The molecule has 3 N–H and O–H groups in total. The molecule has 0 aliphatic heterocycles. The molecule has 5 heteroatoms. The van der Waals surface area contributed by atoms with Crippen LogP contribution in [0.5, 0.6) is 0 Å². The highest BCUT2D eigenvalue weighted by Crippen LogP contribution is 1.88. The van der Waals surface area contributed by atoms with E-state index < -0.39 is 6.10 Å². The predicted molar refractivity (Wildman–Crippen MR) is 52.8 cm³/mol. The van der Waals surface area contributed by atoms with Gasteiger partial charge >= 0.3 is 0 Å². The van der Waals surface area contributed by atoms with E-state index in [1.54, 1.807) is 6.20 Å². The molecule has 0 aliphatic rings. The summed E-state index contributed by atoms with van der Waals surface area (Å²) in [5, 5.41) is 24.7. The molecule has 1 atom stereocenters. The molecule has 0 radical (unpaired) electrons. The summed E-state index contributed by atoms with van der Waals surface area (Å²) in [7, 11) is 0. The third-order valence-corrected chi connectivity index (χ3v) is 1.89. The Morgan fingerprint density at radius 2 is 2.36 bits per heavy atom. The number of aliphatic hydroxyl groups is 2. The smallest absolute Gasteiger partial charge is 0.0894 e. The summed E-state index contributed by atoms with van der Waals surface area (Å²) in [5.74, 6) is 0. The second-order valence-corrected chi connectivity index (χ2v) is 3.16. The zero-order valence-corrected chi connectivity index (χ0v) is 8.13. The largest absolute Gasteiger partial charge is 0.394 e. The van der Waals surface area contributed by atoms with Crippen LogP contribution in [0.25, 0.3) is 0 Å². The number of nitrogens with zero attached hydrogens (tertiary/aromatic N) is 2. The van der Waals surface area contributed by atoms with Gasteiger partial charge in [-0.15, -0.1) is 0 Å². The average molecular weight is 199 g/mol. The highest BCUT2D eigenvalue weighted by molar-refractivity contribution is 4.77. The van der Waals surface area contributed by atoms with Crippen LogP contribution < -0.4 is 5.32 Å². The van der Waals surface area contributed by atoms with E-state index in [2.05, 4.69) is 10.4 Å². The maximum atomic E-state index is 9.01. The topological polar surface area (TPSA) is 70.3 Å². The standard InChI is InChI=1S/C9H17N3O2/c13-8-9(14)7-10-3-1-5-12-6-2-4-11-12/h2,4,6,9-10,13-14H,1,3,5,7-8H2. The van der Waals surface area contributed by atoms with Crippen molar-refractivity contribution in [1.29, 1.82) is 0 Å². The van der Waals surface area contributed by atoms with Crippen LogP contribution in [0.3, 0.4) is 0 Å². The van der Waals surface area contributed by atoms with Gasteiger partial charge in [-0.25, -0.2) is 0 Å². The van der Waals surface area contributed by atoms with Gasteiger partial charge in [0.1, 0.15) is 0 Å². The molecule has 0 aromatic carbocycles. The molecule has 1 aromatic rings. The number of aromatic nitrogens is 2. The molecule has 1 aromatic heterocycles. The Hall–Kier alpha value is -0.910. The van der Waals surface area contributed by atoms with E-state index in [1.807, 2.05) is 16.9 Å². The van der Waals surface area contributed by atoms with E-state index in [0.29, 0.717) is 6.54 Å². The number of hydrogen-bond acceptors (Lipinski definition) is 4. The van der Waals surface area contributed by atoms with Gasteiger partial charge in [0.2, 0.25) is 0 Å². The third kappa shape index (κ3) is 4.36. The SMILES string of the molecule is OCC(O)CNCCCn1cccn1. The van der Waals surface area contributed by atoms with Crippen molar-refractivity contribution >= 4 is 0 Å². The van der Waals surface area contributed by atoms with Crippen LogP contribution in [0.1, 0.15) is 6.42 Å². The Kier molecular flexibility index (Phi) is 5.21. The summed E-state index contributed by atoms with van der Waals surface area (Å²) in [6.45, 7) is 1.94. The molecule has 0 amide bonds. The van der Waals surface area contributed by atoms with Crippen molar-refractivity contribution in [3.8, 4) is 0 Å². The van der Waals surface area contributed by atoms with E-state index in [9.17, 15) is 0 Å². The van der Waals surface area contributed by atoms with Crippen LogP contribution in [-0.2, 0) is 6.54 Å². The molecule has 0 fully saturated rings. The Labute approximate surface area is 83.4 Å². The van der Waals surface area contributed by atoms with Crippen molar-refractivity contribution in [1.82, 2.24) is 15.1 Å². The Bertz CT molecular complexity index is 226. The lowest BCUT2D eigenvalue weighted by Crippen LogP contribution is -2.30. The van der Waals surface area contributed by atoms with Gasteiger partial charge in [0.05, 0.1) is 12.7 Å². The van der Waals surface area contributed by atoms with Crippen molar-refractivity contribution in [2.45, 2.75) is 19.1 Å². The summed E-state index contributed by atoms with van der Waals surface area (Å²) in [6, 6.07) is 1.89. The lowest BCUT2D eigenvalue weighted by atomic mass is 10.3. The fourth-order valence-electron chi connectivity index (χ4n) is 1.13. The Balaban J connectivity index is 1.95. The minimum absolute atomic E-state index is 0.188. The van der Waals surface area contributed by atoms with Crippen molar-refractivity contribution < 1.29 is 10.2 Å². The van der Waals surface area contributed by atoms with Gasteiger partial charge in [0.25, 0.3) is 0 Å². The Morgan fingerprint density at radius 3 is 3.00 bits per heavy atom. The van der Waals surface area contributed by atoms with Gasteiger partial charge in [-0.3, -0.25) is 4.68 Å². The van der Waals surface area contributed by atoms with E-state index in [0.717, 1.165) is 19.5 Å². The first-order valence-corrected chi connectivity index (χ1v) is 4.80.